The second-order valence-electron chi connectivity index (χ2n) is 3.95. The number of carboxylic acids is 1. The Morgan fingerprint density at radius 3 is 2.50 bits per heavy atom. The summed E-state index contributed by atoms with van der Waals surface area (Å²) in [7, 11) is 0. The fraction of sp³-hybridized carbons (Fsp3) is 0.429. The third-order valence-electron chi connectivity index (χ3n) is 2.53. The van der Waals surface area contributed by atoms with Crippen molar-refractivity contribution in [3.8, 4) is 5.75 Å². The van der Waals surface area contributed by atoms with Crippen molar-refractivity contribution >= 4 is 11.8 Å². The SMILES string of the molecule is CCOc1ccccc1C(=O)CCCCC(=O)O. The first-order chi connectivity index (χ1) is 8.65. The van der Waals surface area contributed by atoms with E-state index in [2.05, 4.69) is 0 Å². The van der Waals surface area contributed by atoms with Crippen molar-refractivity contribution in [2.45, 2.75) is 32.6 Å². The molecule has 0 amide bonds. The van der Waals surface area contributed by atoms with Gasteiger partial charge in [0.15, 0.2) is 5.78 Å². The van der Waals surface area contributed by atoms with Crippen LogP contribution >= 0.6 is 0 Å². The maximum Gasteiger partial charge on any atom is 0.303 e. The number of rotatable bonds is 8. The Morgan fingerprint density at radius 1 is 1.17 bits per heavy atom. The molecule has 4 heteroatoms. The molecule has 1 N–H and O–H groups in total. The van der Waals surface area contributed by atoms with E-state index < -0.39 is 5.97 Å². The lowest BCUT2D eigenvalue weighted by molar-refractivity contribution is -0.137. The maximum atomic E-state index is 12.0. The largest absolute Gasteiger partial charge is 0.493 e. The topological polar surface area (TPSA) is 63.6 Å². The standard InChI is InChI=1S/C14H18O4/c1-2-18-13-9-5-3-7-11(13)12(15)8-4-6-10-14(16)17/h3,5,7,9H,2,4,6,8,10H2,1H3,(H,16,17). The van der Waals surface area contributed by atoms with Crippen LogP contribution in [0.5, 0.6) is 5.75 Å². The van der Waals surface area contributed by atoms with Gasteiger partial charge < -0.3 is 9.84 Å². The van der Waals surface area contributed by atoms with Gasteiger partial charge in [-0.1, -0.05) is 12.1 Å². The molecular formula is C14H18O4. The van der Waals surface area contributed by atoms with Gasteiger partial charge in [-0.2, -0.15) is 0 Å². The Bertz CT molecular complexity index is 412. The summed E-state index contributed by atoms with van der Waals surface area (Å²) in [6.45, 7) is 2.39. The van der Waals surface area contributed by atoms with Gasteiger partial charge in [-0.15, -0.1) is 0 Å². The number of Topliss-reactive ketones (excluding diaryl/α,β-unsaturated/α-hetero) is 1. The maximum absolute atomic E-state index is 12.0. The minimum Gasteiger partial charge on any atom is -0.493 e. The Morgan fingerprint density at radius 2 is 1.83 bits per heavy atom. The van der Waals surface area contributed by atoms with Crippen molar-refractivity contribution < 1.29 is 19.4 Å². The van der Waals surface area contributed by atoms with E-state index in [0.29, 0.717) is 37.2 Å². The summed E-state index contributed by atoms with van der Waals surface area (Å²) < 4.78 is 5.39. The fourth-order valence-electron chi connectivity index (χ4n) is 1.67. The molecule has 0 spiro atoms. The molecule has 0 bridgehead atoms. The minimum atomic E-state index is -0.822. The van der Waals surface area contributed by atoms with Crippen LogP contribution in [0, 0.1) is 0 Å². The zero-order valence-corrected chi connectivity index (χ0v) is 10.5. The van der Waals surface area contributed by atoms with E-state index in [9.17, 15) is 9.59 Å². The lowest BCUT2D eigenvalue weighted by Crippen LogP contribution is -2.04. The summed E-state index contributed by atoms with van der Waals surface area (Å²) >= 11 is 0. The number of benzene rings is 1. The van der Waals surface area contributed by atoms with Crippen molar-refractivity contribution in [3.63, 3.8) is 0 Å². The van der Waals surface area contributed by atoms with Crippen LogP contribution in [-0.2, 0) is 4.79 Å². The highest BCUT2D eigenvalue weighted by Crippen LogP contribution is 2.20. The molecule has 4 nitrogen and oxygen atoms in total. The highest BCUT2D eigenvalue weighted by molar-refractivity contribution is 5.98. The van der Waals surface area contributed by atoms with Crippen molar-refractivity contribution in [1.82, 2.24) is 0 Å². The predicted octanol–water partition coefficient (Wildman–Crippen LogP) is 2.91. The quantitative estimate of drug-likeness (QED) is 0.569. The average molecular weight is 250 g/mol. The van der Waals surface area contributed by atoms with Crippen molar-refractivity contribution in [2.75, 3.05) is 6.61 Å². The first kappa shape index (κ1) is 14.2. The third-order valence-corrected chi connectivity index (χ3v) is 2.53. The van der Waals surface area contributed by atoms with E-state index in [1.165, 1.54) is 0 Å². The Labute approximate surface area is 107 Å². The summed E-state index contributed by atoms with van der Waals surface area (Å²) in [4.78, 5) is 22.3. The highest BCUT2D eigenvalue weighted by atomic mass is 16.5. The molecule has 0 radical (unpaired) electrons. The van der Waals surface area contributed by atoms with Gasteiger partial charge in [-0.3, -0.25) is 9.59 Å². The Balaban J connectivity index is 2.53. The summed E-state index contributed by atoms with van der Waals surface area (Å²) in [5.74, 6) is -0.218. The number of ketones is 1. The van der Waals surface area contributed by atoms with Gasteiger partial charge in [0.2, 0.25) is 0 Å². The number of para-hydroxylation sites is 1. The van der Waals surface area contributed by atoms with Crippen molar-refractivity contribution in [1.29, 1.82) is 0 Å². The molecule has 0 aliphatic rings. The van der Waals surface area contributed by atoms with Crippen LogP contribution < -0.4 is 4.74 Å². The molecule has 0 atom stereocenters. The van der Waals surface area contributed by atoms with Crippen molar-refractivity contribution in [2.24, 2.45) is 0 Å². The summed E-state index contributed by atoms with van der Waals surface area (Å²) in [5.41, 5.74) is 0.578. The first-order valence-electron chi connectivity index (χ1n) is 6.12. The van der Waals surface area contributed by atoms with E-state index in [1.54, 1.807) is 18.2 Å². The van der Waals surface area contributed by atoms with Gasteiger partial charge >= 0.3 is 5.97 Å². The van der Waals surface area contributed by atoms with Crippen LogP contribution in [0.2, 0.25) is 0 Å². The predicted molar refractivity (Wildman–Crippen MR) is 68.0 cm³/mol. The van der Waals surface area contributed by atoms with Gasteiger partial charge in [-0.25, -0.2) is 0 Å². The molecule has 0 unspecified atom stereocenters. The number of unbranched alkanes of at least 4 members (excludes halogenated alkanes) is 1. The van der Waals surface area contributed by atoms with Crippen LogP contribution in [0.3, 0.4) is 0 Å². The number of hydrogen-bond acceptors (Lipinski definition) is 3. The molecule has 0 aliphatic heterocycles. The van der Waals surface area contributed by atoms with Gasteiger partial charge in [0.1, 0.15) is 5.75 Å². The lowest BCUT2D eigenvalue weighted by Gasteiger charge is -2.08. The summed E-state index contributed by atoms with van der Waals surface area (Å²) in [5, 5.41) is 8.50. The smallest absolute Gasteiger partial charge is 0.303 e. The van der Waals surface area contributed by atoms with Gasteiger partial charge in [0, 0.05) is 12.8 Å². The Hall–Kier alpha value is -1.84. The van der Waals surface area contributed by atoms with E-state index in [4.69, 9.17) is 9.84 Å². The highest BCUT2D eigenvalue weighted by Gasteiger charge is 2.11. The van der Waals surface area contributed by atoms with Crippen LogP contribution in [-0.4, -0.2) is 23.5 Å². The Kier molecular flexibility index (Phi) is 5.91. The number of carbonyl (C=O) groups excluding carboxylic acids is 1. The van der Waals surface area contributed by atoms with Gasteiger partial charge in [0.05, 0.1) is 12.2 Å². The zero-order valence-electron chi connectivity index (χ0n) is 10.5. The molecule has 98 valence electrons. The molecular weight excluding hydrogens is 232 g/mol. The molecule has 18 heavy (non-hydrogen) atoms. The molecule has 1 rings (SSSR count). The van der Waals surface area contributed by atoms with Crippen LogP contribution in [0.15, 0.2) is 24.3 Å². The molecule has 0 saturated heterocycles. The summed E-state index contributed by atoms with van der Waals surface area (Å²) in [6.07, 6.45) is 1.58. The van der Waals surface area contributed by atoms with Gasteiger partial charge in [-0.05, 0) is 31.9 Å². The van der Waals surface area contributed by atoms with Crippen molar-refractivity contribution in [3.05, 3.63) is 29.8 Å². The van der Waals surface area contributed by atoms with Crippen LogP contribution in [0.25, 0.3) is 0 Å². The molecule has 0 heterocycles. The van der Waals surface area contributed by atoms with E-state index in [1.807, 2.05) is 13.0 Å². The third kappa shape index (κ3) is 4.57. The first-order valence-corrected chi connectivity index (χ1v) is 6.12. The monoisotopic (exact) mass is 250 g/mol. The molecule has 0 fully saturated rings. The number of carbonyl (C=O) groups is 2. The lowest BCUT2D eigenvalue weighted by atomic mass is 10.0. The average Bonchev–Trinajstić information content (AvgIpc) is 2.35. The van der Waals surface area contributed by atoms with Gasteiger partial charge in [0.25, 0.3) is 0 Å². The molecule has 0 aliphatic carbocycles. The molecule has 0 aromatic heterocycles. The number of aliphatic carboxylic acids is 1. The fourth-order valence-corrected chi connectivity index (χ4v) is 1.67. The molecule has 1 aromatic carbocycles. The van der Waals surface area contributed by atoms with E-state index >= 15 is 0 Å². The van der Waals surface area contributed by atoms with Crippen LogP contribution in [0.4, 0.5) is 0 Å². The second kappa shape index (κ2) is 7.48. The van der Waals surface area contributed by atoms with E-state index in [0.717, 1.165) is 0 Å². The van der Waals surface area contributed by atoms with E-state index in [-0.39, 0.29) is 12.2 Å². The molecule has 0 saturated carbocycles. The van der Waals surface area contributed by atoms with Crippen LogP contribution in [0.1, 0.15) is 43.0 Å². The normalized spacial score (nSPS) is 10.1. The minimum absolute atomic E-state index is 0.00411. The number of ether oxygens (including phenoxy) is 1. The zero-order chi connectivity index (χ0) is 13.4. The number of hydrogen-bond donors (Lipinski definition) is 1. The summed E-state index contributed by atoms with van der Waals surface area (Å²) in [6, 6.07) is 7.14. The molecule has 1 aromatic rings. The second-order valence-corrected chi connectivity index (χ2v) is 3.95. The number of carboxylic acid groups (broad SMARTS) is 1.